The summed E-state index contributed by atoms with van der Waals surface area (Å²) in [5.74, 6) is -0.262. The predicted molar refractivity (Wildman–Crippen MR) is 54.9 cm³/mol. The molecule has 0 aliphatic carbocycles. The molecule has 0 aliphatic rings. The monoisotopic (exact) mass is 198 g/mol. The Morgan fingerprint density at radius 3 is 2.50 bits per heavy atom. The summed E-state index contributed by atoms with van der Waals surface area (Å²) in [5.41, 5.74) is 0.944. The van der Waals surface area contributed by atoms with Crippen molar-refractivity contribution >= 4 is 12.3 Å². The van der Waals surface area contributed by atoms with E-state index in [4.69, 9.17) is 4.74 Å². The van der Waals surface area contributed by atoms with Crippen molar-refractivity contribution in [3.05, 3.63) is 11.6 Å². The van der Waals surface area contributed by atoms with Gasteiger partial charge in [0.2, 0.25) is 0 Å². The molecular formula is C11H18O3. The summed E-state index contributed by atoms with van der Waals surface area (Å²) in [6.45, 7) is 5.30. The van der Waals surface area contributed by atoms with E-state index in [1.54, 1.807) is 0 Å². The molecule has 0 N–H and O–H groups in total. The standard InChI is InChI=1S/C11H18O3/c1-4-5-11(14-10(3)13)8-9(2)6-7-12/h6-7,11H,4-5,8H2,1-3H3/b9-6+/t11-/m1/s1. The summed E-state index contributed by atoms with van der Waals surface area (Å²) in [5, 5.41) is 0. The molecule has 0 aromatic heterocycles. The molecule has 0 aliphatic heterocycles. The zero-order valence-electron chi connectivity index (χ0n) is 9.08. The quantitative estimate of drug-likeness (QED) is 0.373. The molecular weight excluding hydrogens is 180 g/mol. The lowest BCUT2D eigenvalue weighted by Gasteiger charge is -2.16. The lowest BCUT2D eigenvalue weighted by molar-refractivity contribution is -0.146. The highest BCUT2D eigenvalue weighted by Gasteiger charge is 2.11. The van der Waals surface area contributed by atoms with Crippen molar-refractivity contribution in [1.29, 1.82) is 0 Å². The lowest BCUT2D eigenvalue weighted by atomic mass is 10.1. The molecule has 0 aromatic carbocycles. The highest BCUT2D eigenvalue weighted by Crippen LogP contribution is 2.13. The third-order valence-corrected chi connectivity index (χ3v) is 1.85. The number of carbonyl (C=O) groups excluding carboxylic acids is 2. The molecule has 0 aromatic rings. The van der Waals surface area contributed by atoms with Gasteiger partial charge in [0.15, 0.2) is 0 Å². The zero-order chi connectivity index (χ0) is 11.0. The molecule has 0 saturated heterocycles. The van der Waals surface area contributed by atoms with Crippen LogP contribution in [0.25, 0.3) is 0 Å². The molecule has 0 amide bonds. The third-order valence-electron chi connectivity index (χ3n) is 1.85. The van der Waals surface area contributed by atoms with Crippen LogP contribution in [0.15, 0.2) is 11.6 Å². The van der Waals surface area contributed by atoms with Crippen LogP contribution in [0.5, 0.6) is 0 Å². The molecule has 0 unspecified atom stereocenters. The number of hydrogen-bond acceptors (Lipinski definition) is 3. The van der Waals surface area contributed by atoms with Crippen molar-refractivity contribution in [2.45, 2.75) is 46.1 Å². The highest BCUT2D eigenvalue weighted by molar-refractivity contribution is 5.67. The molecule has 0 saturated carbocycles. The molecule has 0 heterocycles. The van der Waals surface area contributed by atoms with E-state index in [0.29, 0.717) is 6.42 Å². The number of rotatable bonds is 6. The Morgan fingerprint density at radius 1 is 1.43 bits per heavy atom. The van der Waals surface area contributed by atoms with Gasteiger partial charge in [-0.3, -0.25) is 9.59 Å². The Labute approximate surface area is 85.1 Å². The van der Waals surface area contributed by atoms with Gasteiger partial charge in [-0.25, -0.2) is 0 Å². The van der Waals surface area contributed by atoms with Gasteiger partial charge in [0.25, 0.3) is 0 Å². The van der Waals surface area contributed by atoms with Crippen LogP contribution in [-0.4, -0.2) is 18.4 Å². The summed E-state index contributed by atoms with van der Waals surface area (Å²) in [7, 11) is 0. The van der Waals surface area contributed by atoms with Crippen molar-refractivity contribution in [1.82, 2.24) is 0 Å². The number of aldehydes is 1. The summed E-state index contributed by atoms with van der Waals surface area (Å²) in [6.07, 6.45) is 4.62. The fraction of sp³-hybridized carbons (Fsp3) is 0.636. The fourth-order valence-corrected chi connectivity index (χ4v) is 1.30. The van der Waals surface area contributed by atoms with Crippen LogP contribution in [0.2, 0.25) is 0 Å². The first-order chi connectivity index (χ1) is 6.60. The molecule has 0 bridgehead atoms. The van der Waals surface area contributed by atoms with Crippen molar-refractivity contribution in [2.75, 3.05) is 0 Å². The van der Waals surface area contributed by atoms with Crippen LogP contribution >= 0.6 is 0 Å². The molecule has 0 radical (unpaired) electrons. The van der Waals surface area contributed by atoms with Gasteiger partial charge >= 0.3 is 5.97 Å². The van der Waals surface area contributed by atoms with Crippen molar-refractivity contribution < 1.29 is 14.3 Å². The van der Waals surface area contributed by atoms with Gasteiger partial charge in [0.05, 0.1) is 0 Å². The largest absolute Gasteiger partial charge is 0.462 e. The van der Waals surface area contributed by atoms with E-state index < -0.39 is 0 Å². The minimum Gasteiger partial charge on any atom is -0.462 e. The molecule has 80 valence electrons. The van der Waals surface area contributed by atoms with Gasteiger partial charge in [-0.15, -0.1) is 0 Å². The van der Waals surface area contributed by atoms with E-state index in [2.05, 4.69) is 0 Å². The van der Waals surface area contributed by atoms with Gasteiger partial charge in [-0.1, -0.05) is 18.9 Å². The van der Waals surface area contributed by atoms with Crippen LogP contribution in [0.4, 0.5) is 0 Å². The Bertz CT molecular complexity index is 219. The second-order valence-electron chi connectivity index (χ2n) is 3.37. The van der Waals surface area contributed by atoms with E-state index in [9.17, 15) is 9.59 Å². The fourth-order valence-electron chi connectivity index (χ4n) is 1.30. The normalized spacial score (nSPS) is 13.5. The Hall–Kier alpha value is -1.12. The van der Waals surface area contributed by atoms with Gasteiger partial charge in [-0.05, 0) is 19.4 Å². The Balaban J connectivity index is 4.13. The highest BCUT2D eigenvalue weighted by atomic mass is 16.5. The minimum absolute atomic E-state index is 0.0892. The summed E-state index contributed by atoms with van der Waals surface area (Å²) < 4.78 is 5.11. The Kier molecular flexibility index (Phi) is 6.72. The Morgan fingerprint density at radius 2 is 2.07 bits per heavy atom. The smallest absolute Gasteiger partial charge is 0.302 e. The van der Waals surface area contributed by atoms with E-state index in [0.717, 1.165) is 24.7 Å². The van der Waals surface area contributed by atoms with E-state index in [1.807, 2.05) is 13.8 Å². The number of esters is 1. The lowest BCUT2D eigenvalue weighted by Crippen LogP contribution is -2.16. The van der Waals surface area contributed by atoms with E-state index in [1.165, 1.54) is 13.0 Å². The van der Waals surface area contributed by atoms with Gasteiger partial charge in [0, 0.05) is 13.3 Å². The first kappa shape index (κ1) is 12.9. The van der Waals surface area contributed by atoms with E-state index in [-0.39, 0.29) is 12.1 Å². The number of hydrogen-bond donors (Lipinski definition) is 0. The SMILES string of the molecule is CCC[C@H](C/C(C)=C/C=O)OC(C)=O. The number of allylic oxidation sites excluding steroid dienone is 1. The van der Waals surface area contributed by atoms with Gasteiger partial charge in [-0.2, -0.15) is 0 Å². The molecule has 0 spiro atoms. The third kappa shape index (κ3) is 6.40. The van der Waals surface area contributed by atoms with E-state index >= 15 is 0 Å². The van der Waals surface area contributed by atoms with Crippen LogP contribution in [0.1, 0.15) is 40.0 Å². The van der Waals surface area contributed by atoms with Gasteiger partial charge < -0.3 is 4.74 Å². The first-order valence-electron chi connectivity index (χ1n) is 4.88. The first-order valence-corrected chi connectivity index (χ1v) is 4.88. The maximum Gasteiger partial charge on any atom is 0.302 e. The minimum atomic E-state index is -0.262. The van der Waals surface area contributed by atoms with Crippen molar-refractivity contribution in [3.8, 4) is 0 Å². The molecule has 0 fully saturated rings. The second kappa shape index (κ2) is 7.30. The molecule has 0 rings (SSSR count). The maximum absolute atomic E-state index is 10.8. The molecule has 3 heteroatoms. The topological polar surface area (TPSA) is 43.4 Å². The van der Waals surface area contributed by atoms with Crippen molar-refractivity contribution in [3.63, 3.8) is 0 Å². The maximum atomic E-state index is 10.8. The van der Waals surface area contributed by atoms with Crippen molar-refractivity contribution in [2.24, 2.45) is 0 Å². The second-order valence-corrected chi connectivity index (χ2v) is 3.37. The summed E-state index contributed by atoms with van der Waals surface area (Å²) >= 11 is 0. The molecule has 1 atom stereocenters. The van der Waals surface area contributed by atoms with Gasteiger partial charge in [0.1, 0.15) is 12.4 Å². The molecule has 14 heavy (non-hydrogen) atoms. The number of carbonyl (C=O) groups is 2. The van der Waals surface area contributed by atoms with Crippen LogP contribution in [0, 0.1) is 0 Å². The average molecular weight is 198 g/mol. The average Bonchev–Trinajstić information content (AvgIpc) is 2.03. The van der Waals surface area contributed by atoms with Crippen LogP contribution in [0.3, 0.4) is 0 Å². The summed E-state index contributed by atoms with van der Waals surface area (Å²) in [6, 6.07) is 0. The van der Waals surface area contributed by atoms with Crippen LogP contribution < -0.4 is 0 Å². The number of ether oxygens (including phenoxy) is 1. The van der Waals surface area contributed by atoms with Crippen LogP contribution in [-0.2, 0) is 14.3 Å². The zero-order valence-corrected chi connectivity index (χ0v) is 9.08. The predicted octanol–water partition coefficient (Wildman–Crippen LogP) is 2.25. The summed E-state index contributed by atoms with van der Waals surface area (Å²) in [4.78, 5) is 20.9. The molecule has 3 nitrogen and oxygen atoms in total.